The number of halogens is 1. The molecule has 242 valence electrons. The Morgan fingerprint density at radius 1 is 1.15 bits per heavy atom. The highest BCUT2D eigenvalue weighted by molar-refractivity contribution is 7.98. The second kappa shape index (κ2) is 16.7. The molecule has 0 radical (unpaired) electrons. The second-order valence-corrected chi connectivity index (χ2v) is 12.3. The Balaban J connectivity index is 1.40. The van der Waals surface area contributed by atoms with Gasteiger partial charge in [-0.15, -0.1) is 11.3 Å². The SMILES string of the molecule is [C-]#[N+]c1c(N)nc(SCc2csc(-c3ccc(Cl)cc3)n2)c(C#N)c1-c1ccc(OCCOC(=O)[C@H](C)NC(=O)[C@@H](N)CCN)cc1. The van der Waals surface area contributed by atoms with Gasteiger partial charge in [0, 0.05) is 27.3 Å². The lowest BCUT2D eigenvalue weighted by molar-refractivity contribution is -0.148. The first kappa shape index (κ1) is 35.2. The summed E-state index contributed by atoms with van der Waals surface area (Å²) in [5.74, 6) is -0.188. The molecule has 4 aromatic rings. The van der Waals surface area contributed by atoms with Crippen molar-refractivity contribution in [2.45, 2.75) is 36.2 Å². The average Bonchev–Trinajstić information content (AvgIpc) is 3.55. The van der Waals surface area contributed by atoms with Crippen molar-refractivity contribution in [3.8, 4) is 33.5 Å². The Morgan fingerprint density at radius 3 is 2.51 bits per heavy atom. The summed E-state index contributed by atoms with van der Waals surface area (Å²) in [5, 5.41) is 16.5. The molecule has 15 heteroatoms. The lowest BCUT2D eigenvalue weighted by Crippen LogP contribution is -2.48. The first-order valence-corrected chi connectivity index (χ1v) is 16.5. The number of pyridine rings is 1. The van der Waals surface area contributed by atoms with E-state index in [1.54, 1.807) is 24.3 Å². The van der Waals surface area contributed by atoms with E-state index >= 15 is 0 Å². The van der Waals surface area contributed by atoms with Crippen molar-refractivity contribution < 1.29 is 19.1 Å². The quantitative estimate of drug-likeness (QED) is 0.0606. The van der Waals surface area contributed by atoms with Gasteiger partial charge in [-0.05, 0) is 49.7 Å². The zero-order chi connectivity index (χ0) is 33.9. The van der Waals surface area contributed by atoms with Crippen LogP contribution in [0.25, 0.3) is 26.5 Å². The smallest absolute Gasteiger partial charge is 0.328 e. The van der Waals surface area contributed by atoms with Crippen molar-refractivity contribution in [2.75, 3.05) is 25.5 Å². The van der Waals surface area contributed by atoms with Crippen molar-refractivity contribution >= 4 is 58.1 Å². The molecule has 12 nitrogen and oxygen atoms in total. The van der Waals surface area contributed by atoms with Crippen LogP contribution >= 0.6 is 34.7 Å². The Labute approximate surface area is 285 Å². The minimum atomic E-state index is -0.888. The van der Waals surface area contributed by atoms with E-state index in [0.717, 1.165) is 16.3 Å². The third kappa shape index (κ3) is 9.19. The minimum Gasteiger partial charge on any atom is -0.490 e. The van der Waals surface area contributed by atoms with Crippen LogP contribution in [-0.2, 0) is 20.1 Å². The number of carbonyl (C=O) groups is 2. The summed E-state index contributed by atoms with van der Waals surface area (Å²) in [6.07, 6.45) is 0.298. The van der Waals surface area contributed by atoms with Crippen LogP contribution in [0.15, 0.2) is 58.9 Å². The summed E-state index contributed by atoms with van der Waals surface area (Å²) >= 11 is 8.81. The van der Waals surface area contributed by atoms with Crippen molar-refractivity contribution in [3.05, 3.63) is 81.6 Å². The van der Waals surface area contributed by atoms with E-state index in [1.807, 2.05) is 29.6 Å². The summed E-state index contributed by atoms with van der Waals surface area (Å²) in [6, 6.07) is 14.7. The molecule has 0 spiro atoms. The van der Waals surface area contributed by atoms with Gasteiger partial charge in [0.15, 0.2) is 0 Å². The number of hydrogen-bond acceptors (Lipinski definition) is 12. The third-order valence-electron chi connectivity index (χ3n) is 6.65. The third-order valence-corrected chi connectivity index (χ3v) is 8.86. The number of carbonyl (C=O) groups excluding carboxylic acids is 2. The molecule has 2 heterocycles. The molecule has 0 unspecified atom stereocenters. The molecule has 2 aromatic carbocycles. The van der Waals surface area contributed by atoms with E-state index < -0.39 is 24.0 Å². The maximum absolute atomic E-state index is 12.2. The van der Waals surface area contributed by atoms with E-state index in [4.69, 9.17) is 49.8 Å². The van der Waals surface area contributed by atoms with Gasteiger partial charge in [-0.2, -0.15) is 5.26 Å². The molecule has 0 aliphatic rings. The van der Waals surface area contributed by atoms with Crippen molar-refractivity contribution in [1.82, 2.24) is 15.3 Å². The largest absolute Gasteiger partial charge is 0.490 e. The Hall–Kier alpha value is -4.70. The van der Waals surface area contributed by atoms with Crippen LogP contribution in [0.5, 0.6) is 5.75 Å². The number of nitrogen functional groups attached to an aromatic ring is 1. The van der Waals surface area contributed by atoms with Crippen molar-refractivity contribution in [3.63, 3.8) is 0 Å². The normalized spacial score (nSPS) is 12.0. The van der Waals surface area contributed by atoms with Crippen LogP contribution in [0, 0.1) is 17.9 Å². The van der Waals surface area contributed by atoms with Gasteiger partial charge in [-0.3, -0.25) is 4.79 Å². The minimum absolute atomic E-state index is 0.0190. The number of aromatic nitrogens is 2. The number of anilines is 1. The zero-order valence-corrected chi connectivity index (χ0v) is 27.6. The summed E-state index contributed by atoms with van der Waals surface area (Å²) in [7, 11) is 0. The average molecular weight is 691 g/mol. The molecule has 2 atom stereocenters. The highest BCUT2D eigenvalue weighted by atomic mass is 35.5. The first-order valence-electron chi connectivity index (χ1n) is 14.2. The molecule has 0 fully saturated rings. The van der Waals surface area contributed by atoms with Crippen molar-refractivity contribution in [2.24, 2.45) is 11.5 Å². The van der Waals surface area contributed by atoms with Gasteiger partial charge in [-0.25, -0.2) is 19.6 Å². The maximum Gasteiger partial charge on any atom is 0.328 e. The fourth-order valence-electron chi connectivity index (χ4n) is 4.25. The molecular formula is C32H31ClN8O4S2. The summed E-state index contributed by atoms with van der Waals surface area (Å²) in [6.45, 7) is 9.46. The van der Waals surface area contributed by atoms with Gasteiger partial charge in [0.1, 0.15) is 46.9 Å². The van der Waals surface area contributed by atoms with E-state index in [2.05, 4.69) is 21.2 Å². The fraction of sp³-hybridized carbons (Fsp3) is 0.250. The van der Waals surface area contributed by atoms with Gasteiger partial charge >= 0.3 is 5.97 Å². The predicted molar refractivity (Wildman–Crippen MR) is 183 cm³/mol. The number of thiazole rings is 1. The standard InChI is InChI=1S/C32H31ClN8O4S2/c1-18(39-29(42)25(36)11-12-34)32(43)45-14-13-44-23-9-5-19(6-10-23)26-24(15-35)31(41-28(37)27(26)38-2)47-17-22-16-46-30(40-22)20-3-7-21(33)8-4-20/h3-10,16,18,25H,11-14,17,34,36H2,1H3,(H2,37,41)(H,39,42)/t18-,25-/m0/s1. The highest BCUT2D eigenvalue weighted by Crippen LogP contribution is 2.42. The molecule has 0 saturated carbocycles. The zero-order valence-electron chi connectivity index (χ0n) is 25.2. The summed E-state index contributed by atoms with van der Waals surface area (Å²) in [4.78, 5) is 36.8. The lowest BCUT2D eigenvalue weighted by Gasteiger charge is -2.16. The number of benzene rings is 2. The number of hydrogen-bond donors (Lipinski definition) is 4. The second-order valence-electron chi connectivity index (χ2n) is 10.0. The Kier molecular flexibility index (Phi) is 12.5. The number of thioether (sulfide) groups is 1. The number of rotatable bonds is 14. The van der Waals surface area contributed by atoms with Crippen LogP contribution in [0.4, 0.5) is 11.5 Å². The number of nitrogens with two attached hydrogens (primary N) is 3. The van der Waals surface area contributed by atoms with Crippen LogP contribution in [0.3, 0.4) is 0 Å². The Morgan fingerprint density at radius 2 is 1.85 bits per heavy atom. The highest BCUT2D eigenvalue weighted by Gasteiger charge is 2.22. The van der Waals surface area contributed by atoms with Gasteiger partial charge in [0.05, 0.1) is 23.9 Å². The number of esters is 1. The van der Waals surface area contributed by atoms with Gasteiger partial charge in [-0.1, -0.05) is 47.6 Å². The van der Waals surface area contributed by atoms with E-state index in [1.165, 1.54) is 30.0 Å². The monoisotopic (exact) mass is 690 g/mol. The van der Waals surface area contributed by atoms with Crippen LogP contribution in [0.2, 0.25) is 5.02 Å². The van der Waals surface area contributed by atoms with E-state index in [0.29, 0.717) is 39.1 Å². The number of nitrogens with zero attached hydrogens (tertiary/aromatic N) is 4. The van der Waals surface area contributed by atoms with Crippen LogP contribution < -0.4 is 27.3 Å². The maximum atomic E-state index is 12.2. The fourth-order valence-corrected chi connectivity index (χ4v) is 6.19. The molecule has 4 rings (SSSR count). The molecule has 0 saturated heterocycles. The Bertz CT molecular complexity index is 1800. The molecule has 0 bridgehead atoms. The summed E-state index contributed by atoms with van der Waals surface area (Å²) < 4.78 is 10.9. The molecule has 0 aliphatic carbocycles. The predicted octanol–water partition coefficient (Wildman–Crippen LogP) is 4.93. The van der Waals surface area contributed by atoms with Gasteiger partial charge in [0.25, 0.3) is 0 Å². The van der Waals surface area contributed by atoms with Crippen molar-refractivity contribution in [1.29, 1.82) is 5.26 Å². The molecule has 7 N–H and O–H groups in total. The van der Waals surface area contributed by atoms with E-state index in [9.17, 15) is 14.9 Å². The van der Waals surface area contributed by atoms with Gasteiger partial charge < -0.3 is 32.0 Å². The molecule has 1 amide bonds. The topological polar surface area (TPSA) is 197 Å². The van der Waals surface area contributed by atoms with Crippen LogP contribution in [0.1, 0.15) is 24.6 Å². The number of amides is 1. The lowest BCUT2D eigenvalue weighted by atomic mass is 10.00. The van der Waals surface area contributed by atoms with E-state index in [-0.39, 0.29) is 36.8 Å². The number of nitriles is 1. The van der Waals surface area contributed by atoms with Gasteiger partial charge in [0.2, 0.25) is 11.6 Å². The summed E-state index contributed by atoms with van der Waals surface area (Å²) in [5.41, 5.74) is 20.3. The molecule has 47 heavy (non-hydrogen) atoms. The van der Waals surface area contributed by atoms with Crippen LogP contribution in [-0.4, -0.2) is 53.7 Å². The first-order chi connectivity index (χ1) is 22.6. The molecule has 0 aliphatic heterocycles. The molecule has 2 aromatic heterocycles. The number of ether oxygens (including phenoxy) is 2. The number of nitrogens with one attached hydrogen (secondary N) is 1. The molecular weight excluding hydrogens is 660 g/mol.